The number of nitrogens with one attached hydrogen (secondary N) is 3. The van der Waals surface area contributed by atoms with E-state index in [0.717, 1.165) is 24.0 Å². The maximum atomic E-state index is 12.3. The lowest BCUT2D eigenvalue weighted by Crippen LogP contribution is -3.11. The van der Waals surface area contributed by atoms with Crippen LogP contribution in [0.1, 0.15) is 43.2 Å². The Morgan fingerprint density at radius 2 is 1.74 bits per heavy atom. The van der Waals surface area contributed by atoms with Gasteiger partial charge in [-0.05, 0) is 50.8 Å². The Morgan fingerprint density at radius 3 is 2.48 bits per heavy atom. The number of aryl methyl sites for hydroxylation is 1. The Bertz CT molecular complexity index is 736. The standard InChI is InChI=1S/C23H31N3O/c1-18-12-14-20(15-13-18)25-23(27)16-24-22-11-7-6-8-19(22)17-26(2)21-9-4-3-5-10-21/h6-8,11-15,21,24H,3-5,9-10,16-17H2,1-2H3,(H,25,27)/p+1. The number of carbonyl (C=O) groups is 1. The molecule has 4 nitrogen and oxygen atoms in total. The molecule has 0 radical (unpaired) electrons. The number of anilines is 2. The molecule has 1 aliphatic rings. The number of rotatable bonds is 7. The summed E-state index contributed by atoms with van der Waals surface area (Å²) in [6.45, 7) is 3.30. The zero-order valence-electron chi connectivity index (χ0n) is 16.6. The van der Waals surface area contributed by atoms with Gasteiger partial charge >= 0.3 is 0 Å². The van der Waals surface area contributed by atoms with Crippen molar-refractivity contribution in [1.82, 2.24) is 0 Å². The molecular formula is C23H32N3O+. The number of benzene rings is 2. The van der Waals surface area contributed by atoms with E-state index in [2.05, 4.69) is 35.9 Å². The first-order chi connectivity index (χ1) is 13.1. The molecular weight excluding hydrogens is 334 g/mol. The van der Waals surface area contributed by atoms with Crippen LogP contribution in [0.5, 0.6) is 0 Å². The van der Waals surface area contributed by atoms with E-state index in [9.17, 15) is 4.79 Å². The monoisotopic (exact) mass is 366 g/mol. The number of para-hydroxylation sites is 1. The summed E-state index contributed by atoms with van der Waals surface area (Å²) in [5.74, 6) is -0.0263. The van der Waals surface area contributed by atoms with Gasteiger partial charge < -0.3 is 15.5 Å². The fourth-order valence-corrected chi connectivity index (χ4v) is 3.90. The Morgan fingerprint density at radius 1 is 1.04 bits per heavy atom. The molecule has 0 aliphatic heterocycles. The third-order valence-corrected chi connectivity index (χ3v) is 5.56. The fraction of sp³-hybridized carbons (Fsp3) is 0.435. The van der Waals surface area contributed by atoms with E-state index in [0.29, 0.717) is 0 Å². The molecule has 144 valence electrons. The lowest BCUT2D eigenvalue weighted by atomic mass is 9.94. The van der Waals surface area contributed by atoms with E-state index in [4.69, 9.17) is 0 Å². The average molecular weight is 367 g/mol. The van der Waals surface area contributed by atoms with Crippen LogP contribution in [0.4, 0.5) is 11.4 Å². The quantitative estimate of drug-likeness (QED) is 0.703. The molecule has 2 aromatic carbocycles. The zero-order valence-corrected chi connectivity index (χ0v) is 16.6. The van der Waals surface area contributed by atoms with Crippen molar-refractivity contribution in [3.8, 4) is 0 Å². The molecule has 1 amide bonds. The summed E-state index contributed by atoms with van der Waals surface area (Å²) in [5, 5.41) is 6.27. The maximum Gasteiger partial charge on any atom is 0.243 e. The van der Waals surface area contributed by atoms with Crippen LogP contribution < -0.4 is 15.5 Å². The Hall–Kier alpha value is -2.33. The van der Waals surface area contributed by atoms with E-state index in [1.54, 1.807) is 4.90 Å². The molecule has 3 N–H and O–H groups in total. The minimum Gasteiger partial charge on any atom is -0.376 e. The van der Waals surface area contributed by atoms with E-state index in [1.165, 1.54) is 43.2 Å². The van der Waals surface area contributed by atoms with E-state index < -0.39 is 0 Å². The number of quaternary nitrogens is 1. The van der Waals surface area contributed by atoms with Crippen molar-refractivity contribution in [2.24, 2.45) is 0 Å². The normalized spacial score (nSPS) is 15.9. The van der Waals surface area contributed by atoms with E-state index in [1.807, 2.05) is 37.3 Å². The predicted molar refractivity (Wildman–Crippen MR) is 112 cm³/mol. The molecule has 2 aromatic rings. The molecule has 27 heavy (non-hydrogen) atoms. The maximum absolute atomic E-state index is 12.3. The van der Waals surface area contributed by atoms with Crippen molar-refractivity contribution >= 4 is 17.3 Å². The molecule has 0 saturated heterocycles. The van der Waals surface area contributed by atoms with Gasteiger partial charge in [0.15, 0.2) is 0 Å². The van der Waals surface area contributed by atoms with Gasteiger partial charge in [-0.1, -0.05) is 42.3 Å². The van der Waals surface area contributed by atoms with Crippen LogP contribution in [0, 0.1) is 6.92 Å². The Kier molecular flexibility index (Phi) is 6.88. The van der Waals surface area contributed by atoms with Crippen molar-refractivity contribution in [1.29, 1.82) is 0 Å². The highest BCUT2D eigenvalue weighted by Crippen LogP contribution is 2.17. The van der Waals surface area contributed by atoms with Gasteiger partial charge in [0, 0.05) is 16.9 Å². The molecule has 4 heteroatoms. The SMILES string of the molecule is Cc1ccc(NC(=O)CNc2ccccc2C[NH+](C)C2CCCCC2)cc1. The lowest BCUT2D eigenvalue weighted by Gasteiger charge is -2.28. The van der Waals surface area contributed by atoms with E-state index in [-0.39, 0.29) is 12.5 Å². The summed E-state index contributed by atoms with van der Waals surface area (Å²) < 4.78 is 0. The largest absolute Gasteiger partial charge is 0.376 e. The Balaban J connectivity index is 1.55. The summed E-state index contributed by atoms with van der Waals surface area (Å²) >= 11 is 0. The third kappa shape index (κ3) is 5.83. The first-order valence-electron chi connectivity index (χ1n) is 10.1. The highest BCUT2D eigenvalue weighted by atomic mass is 16.1. The zero-order chi connectivity index (χ0) is 19.1. The molecule has 1 saturated carbocycles. The van der Waals surface area contributed by atoms with Gasteiger partial charge in [-0.25, -0.2) is 0 Å². The minimum atomic E-state index is -0.0263. The molecule has 1 unspecified atom stereocenters. The van der Waals surface area contributed by atoms with Gasteiger partial charge in [0.25, 0.3) is 0 Å². The number of hydrogen-bond donors (Lipinski definition) is 3. The molecule has 0 bridgehead atoms. The highest BCUT2D eigenvalue weighted by molar-refractivity contribution is 5.93. The summed E-state index contributed by atoms with van der Waals surface area (Å²) in [7, 11) is 2.30. The molecule has 1 aliphatic carbocycles. The van der Waals surface area contributed by atoms with Gasteiger partial charge in [-0.15, -0.1) is 0 Å². The van der Waals surface area contributed by atoms with Crippen molar-refractivity contribution < 1.29 is 9.69 Å². The van der Waals surface area contributed by atoms with Gasteiger partial charge in [-0.3, -0.25) is 4.79 Å². The van der Waals surface area contributed by atoms with Crippen LogP contribution in [-0.4, -0.2) is 25.5 Å². The second-order valence-corrected chi connectivity index (χ2v) is 7.78. The average Bonchev–Trinajstić information content (AvgIpc) is 2.70. The smallest absolute Gasteiger partial charge is 0.243 e. The molecule has 0 spiro atoms. The molecule has 1 fully saturated rings. The van der Waals surface area contributed by atoms with Gasteiger partial charge in [0.05, 0.1) is 19.6 Å². The summed E-state index contributed by atoms with van der Waals surface area (Å²) in [6.07, 6.45) is 6.78. The van der Waals surface area contributed by atoms with Crippen molar-refractivity contribution in [3.05, 3.63) is 59.7 Å². The second-order valence-electron chi connectivity index (χ2n) is 7.78. The first kappa shape index (κ1) is 19.4. The van der Waals surface area contributed by atoms with Crippen molar-refractivity contribution in [3.63, 3.8) is 0 Å². The summed E-state index contributed by atoms with van der Waals surface area (Å²) in [4.78, 5) is 13.8. The van der Waals surface area contributed by atoms with Crippen LogP contribution in [0.15, 0.2) is 48.5 Å². The van der Waals surface area contributed by atoms with Gasteiger partial charge in [0.1, 0.15) is 6.54 Å². The minimum absolute atomic E-state index is 0.0263. The van der Waals surface area contributed by atoms with Crippen LogP contribution in [0.25, 0.3) is 0 Å². The second kappa shape index (κ2) is 9.56. The van der Waals surface area contributed by atoms with Crippen LogP contribution >= 0.6 is 0 Å². The number of carbonyl (C=O) groups excluding carboxylic acids is 1. The van der Waals surface area contributed by atoms with Gasteiger partial charge in [0.2, 0.25) is 5.91 Å². The van der Waals surface area contributed by atoms with Crippen LogP contribution in [0.2, 0.25) is 0 Å². The summed E-state index contributed by atoms with van der Waals surface area (Å²) in [6, 6.07) is 17.0. The number of amides is 1. The number of hydrogen-bond acceptors (Lipinski definition) is 2. The summed E-state index contributed by atoms with van der Waals surface area (Å²) in [5.41, 5.74) is 4.36. The Labute approximate surface area is 163 Å². The third-order valence-electron chi connectivity index (χ3n) is 5.56. The highest BCUT2D eigenvalue weighted by Gasteiger charge is 2.22. The van der Waals surface area contributed by atoms with E-state index >= 15 is 0 Å². The van der Waals surface area contributed by atoms with Crippen LogP contribution in [-0.2, 0) is 11.3 Å². The lowest BCUT2D eigenvalue weighted by molar-refractivity contribution is -0.921. The predicted octanol–water partition coefficient (Wildman–Crippen LogP) is 3.39. The molecule has 0 aromatic heterocycles. The van der Waals surface area contributed by atoms with Gasteiger partial charge in [-0.2, -0.15) is 0 Å². The molecule has 0 heterocycles. The topological polar surface area (TPSA) is 45.6 Å². The molecule has 1 atom stereocenters. The van der Waals surface area contributed by atoms with Crippen LogP contribution in [0.3, 0.4) is 0 Å². The fourth-order valence-electron chi connectivity index (χ4n) is 3.90. The molecule has 3 rings (SSSR count). The van der Waals surface area contributed by atoms with Crippen molar-refractivity contribution in [2.75, 3.05) is 24.2 Å². The van der Waals surface area contributed by atoms with Crippen molar-refractivity contribution in [2.45, 2.75) is 51.6 Å². The first-order valence-corrected chi connectivity index (χ1v) is 10.1.